The Bertz CT molecular complexity index is 462. The number of hydrogen-bond acceptors (Lipinski definition) is 4. The Balaban J connectivity index is 0.00000121. The number of halogens is 2. The average molecular weight is 408 g/mol. The van der Waals surface area contributed by atoms with Crippen molar-refractivity contribution >= 4 is 30.7 Å². The van der Waals surface area contributed by atoms with Crippen LogP contribution >= 0.6 is 24.8 Å². The van der Waals surface area contributed by atoms with Crippen molar-refractivity contribution in [2.24, 2.45) is 29.4 Å². The van der Waals surface area contributed by atoms with E-state index in [1.54, 1.807) is 0 Å². The van der Waals surface area contributed by atoms with Crippen LogP contribution in [0.15, 0.2) is 0 Å². The Kier molecular flexibility index (Phi) is 8.05. The van der Waals surface area contributed by atoms with Crippen molar-refractivity contribution in [3.05, 3.63) is 0 Å². The lowest BCUT2D eigenvalue weighted by Crippen LogP contribution is -2.50. The van der Waals surface area contributed by atoms with E-state index in [-0.39, 0.29) is 30.7 Å². The maximum Gasteiger partial charge on any atom is 0.225 e. The molecule has 26 heavy (non-hydrogen) atoms. The molecule has 4 aliphatic rings. The van der Waals surface area contributed by atoms with Gasteiger partial charge in [0.1, 0.15) is 0 Å². The van der Waals surface area contributed by atoms with E-state index < -0.39 is 0 Å². The van der Waals surface area contributed by atoms with Crippen LogP contribution in [0.4, 0.5) is 0 Å². The van der Waals surface area contributed by atoms with E-state index in [2.05, 4.69) is 16.7 Å². The highest BCUT2D eigenvalue weighted by Crippen LogP contribution is 2.42. The molecule has 0 aromatic rings. The van der Waals surface area contributed by atoms with Crippen LogP contribution in [-0.4, -0.2) is 67.2 Å². The number of ether oxygens (including phenoxy) is 1. The Hall–Kier alpha value is -0.0700. The normalized spacial score (nSPS) is 40.5. The molecule has 1 amide bonds. The molecule has 2 saturated carbocycles. The van der Waals surface area contributed by atoms with Crippen LogP contribution in [0.2, 0.25) is 0 Å². The fourth-order valence-corrected chi connectivity index (χ4v) is 5.76. The zero-order valence-corrected chi connectivity index (χ0v) is 17.5. The van der Waals surface area contributed by atoms with Crippen LogP contribution in [-0.2, 0) is 9.53 Å². The number of amides is 1. The fourth-order valence-electron chi connectivity index (χ4n) is 5.76. The molecule has 4 rings (SSSR count). The summed E-state index contributed by atoms with van der Waals surface area (Å²) in [5.74, 6) is 2.39. The maximum atomic E-state index is 13.2. The highest BCUT2D eigenvalue weighted by atomic mass is 35.5. The van der Waals surface area contributed by atoms with Gasteiger partial charge in [0.15, 0.2) is 0 Å². The third-order valence-corrected chi connectivity index (χ3v) is 7.16. The summed E-state index contributed by atoms with van der Waals surface area (Å²) in [4.78, 5) is 17.9. The summed E-state index contributed by atoms with van der Waals surface area (Å²) in [6.45, 7) is 7.84. The summed E-state index contributed by atoms with van der Waals surface area (Å²) in [6, 6.07) is 0.865. The summed E-state index contributed by atoms with van der Waals surface area (Å²) >= 11 is 0. The van der Waals surface area contributed by atoms with Gasteiger partial charge in [0, 0.05) is 44.2 Å². The zero-order chi connectivity index (χ0) is 16.7. The van der Waals surface area contributed by atoms with E-state index >= 15 is 0 Å². The van der Waals surface area contributed by atoms with Crippen LogP contribution in [0.25, 0.3) is 0 Å². The van der Waals surface area contributed by atoms with Crippen molar-refractivity contribution in [2.75, 3.05) is 39.4 Å². The van der Waals surface area contributed by atoms with Crippen molar-refractivity contribution in [2.45, 2.75) is 51.1 Å². The van der Waals surface area contributed by atoms with Gasteiger partial charge in [-0.1, -0.05) is 13.3 Å². The van der Waals surface area contributed by atoms with Crippen molar-refractivity contribution in [3.8, 4) is 0 Å². The number of fused-ring (bicyclic) bond motifs is 2. The number of likely N-dealkylation sites (tertiary alicyclic amines) is 1. The Labute approximate surface area is 170 Å². The van der Waals surface area contributed by atoms with Gasteiger partial charge in [-0.25, -0.2) is 0 Å². The highest BCUT2D eigenvalue weighted by Gasteiger charge is 2.44. The van der Waals surface area contributed by atoms with Gasteiger partial charge in [-0.2, -0.15) is 0 Å². The minimum atomic E-state index is 0. The van der Waals surface area contributed by atoms with Crippen LogP contribution in [0, 0.1) is 23.7 Å². The third-order valence-electron chi connectivity index (χ3n) is 7.16. The molecular weight excluding hydrogens is 373 g/mol. The number of hydrogen-bond donors (Lipinski definition) is 1. The number of morpholine rings is 1. The third kappa shape index (κ3) is 4.33. The molecule has 0 aromatic carbocycles. The van der Waals surface area contributed by atoms with Gasteiger partial charge >= 0.3 is 0 Å². The predicted octanol–water partition coefficient (Wildman–Crippen LogP) is 2.16. The van der Waals surface area contributed by atoms with Gasteiger partial charge in [-0.3, -0.25) is 9.69 Å². The quantitative estimate of drug-likeness (QED) is 0.761. The number of carbonyl (C=O) groups excluding carboxylic acids is 1. The molecule has 152 valence electrons. The van der Waals surface area contributed by atoms with Gasteiger partial charge < -0.3 is 15.4 Å². The molecule has 4 atom stereocenters. The Morgan fingerprint density at radius 1 is 1.04 bits per heavy atom. The second-order valence-corrected chi connectivity index (χ2v) is 8.63. The zero-order valence-electron chi connectivity index (χ0n) is 15.8. The summed E-state index contributed by atoms with van der Waals surface area (Å²) in [5, 5.41) is 0. The summed E-state index contributed by atoms with van der Waals surface area (Å²) < 4.78 is 5.48. The summed E-state index contributed by atoms with van der Waals surface area (Å²) in [6.07, 6.45) is 5.83. The van der Waals surface area contributed by atoms with Crippen LogP contribution in [0.5, 0.6) is 0 Å². The monoisotopic (exact) mass is 407 g/mol. The Morgan fingerprint density at radius 2 is 1.65 bits per heavy atom. The Morgan fingerprint density at radius 3 is 2.27 bits per heavy atom. The lowest BCUT2D eigenvalue weighted by Gasteiger charge is -2.44. The molecule has 0 spiro atoms. The molecule has 5 nitrogen and oxygen atoms in total. The summed E-state index contributed by atoms with van der Waals surface area (Å²) in [5.41, 5.74) is 6.40. The molecular formula is C19H35Cl2N3O2. The van der Waals surface area contributed by atoms with E-state index in [4.69, 9.17) is 10.5 Å². The largest absolute Gasteiger partial charge is 0.379 e. The molecule has 0 radical (unpaired) electrons. The SMILES string of the molecule is CC1CN(C(=O)C2CC3CCCC(C2)C3N)CC1N1CCOCC1.Cl.Cl. The number of rotatable bonds is 2. The first-order chi connectivity index (χ1) is 11.6. The van der Waals surface area contributed by atoms with Gasteiger partial charge in [0.2, 0.25) is 5.91 Å². The van der Waals surface area contributed by atoms with Crippen molar-refractivity contribution in [3.63, 3.8) is 0 Å². The lowest BCUT2D eigenvalue weighted by atomic mass is 9.65. The standard InChI is InChI=1S/C19H33N3O2.2ClH/c1-13-11-22(12-17(13)21-5-7-24-8-6-21)19(23)16-9-14-3-2-4-15(10-16)18(14)20;;/h13-18H,2-12,20H2,1H3;2*1H. The maximum absolute atomic E-state index is 13.2. The highest BCUT2D eigenvalue weighted by molar-refractivity contribution is 5.85. The van der Waals surface area contributed by atoms with E-state index in [1.807, 2.05) is 0 Å². The molecule has 2 bridgehead atoms. The molecule has 2 aliphatic heterocycles. The molecule has 2 N–H and O–H groups in total. The van der Waals surface area contributed by atoms with Gasteiger partial charge in [0.25, 0.3) is 0 Å². The minimum Gasteiger partial charge on any atom is -0.379 e. The predicted molar refractivity (Wildman–Crippen MR) is 108 cm³/mol. The van der Waals surface area contributed by atoms with Gasteiger partial charge in [-0.05, 0) is 43.4 Å². The molecule has 2 saturated heterocycles. The van der Waals surface area contributed by atoms with Crippen LogP contribution in [0.3, 0.4) is 0 Å². The molecule has 2 heterocycles. The topological polar surface area (TPSA) is 58.8 Å². The molecule has 4 fully saturated rings. The van der Waals surface area contributed by atoms with Crippen molar-refractivity contribution in [1.82, 2.24) is 9.80 Å². The molecule has 7 heteroatoms. The van der Waals surface area contributed by atoms with Crippen molar-refractivity contribution < 1.29 is 9.53 Å². The molecule has 4 unspecified atom stereocenters. The van der Waals surface area contributed by atoms with E-state index in [0.717, 1.165) is 52.2 Å². The molecule has 0 aromatic heterocycles. The van der Waals surface area contributed by atoms with E-state index in [1.165, 1.54) is 19.3 Å². The van der Waals surface area contributed by atoms with E-state index in [0.29, 0.717) is 35.7 Å². The van der Waals surface area contributed by atoms with Gasteiger partial charge in [-0.15, -0.1) is 24.8 Å². The van der Waals surface area contributed by atoms with Gasteiger partial charge in [0.05, 0.1) is 13.2 Å². The second-order valence-electron chi connectivity index (χ2n) is 8.63. The van der Waals surface area contributed by atoms with E-state index in [9.17, 15) is 4.79 Å². The first-order valence-corrected chi connectivity index (χ1v) is 9.99. The van der Waals surface area contributed by atoms with Crippen LogP contribution < -0.4 is 5.73 Å². The number of nitrogens with zero attached hydrogens (tertiary/aromatic N) is 2. The number of nitrogens with two attached hydrogens (primary N) is 1. The summed E-state index contributed by atoms with van der Waals surface area (Å²) in [7, 11) is 0. The fraction of sp³-hybridized carbons (Fsp3) is 0.947. The number of carbonyl (C=O) groups is 1. The van der Waals surface area contributed by atoms with Crippen LogP contribution in [0.1, 0.15) is 39.0 Å². The minimum absolute atomic E-state index is 0. The smallest absolute Gasteiger partial charge is 0.225 e. The first kappa shape index (κ1) is 22.2. The first-order valence-electron chi connectivity index (χ1n) is 9.99. The second kappa shape index (κ2) is 9.42. The lowest BCUT2D eigenvalue weighted by molar-refractivity contribution is -0.137. The average Bonchev–Trinajstić information content (AvgIpc) is 2.96. The van der Waals surface area contributed by atoms with Crippen molar-refractivity contribution in [1.29, 1.82) is 0 Å². The molecule has 2 aliphatic carbocycles.